The summed E-state index contributed by atoms with van der Waals surface area (Å²) in [5, 5.41) is 0. The molecule has 104 valence electrons. The molecule has 0 aliphatic rings. The smallest absolute Gasteiger partial charge is 0.276 e. The number of amides is 2. The molecule has 0 spiro atoms. The number of ether oxygens (including phenoxy) is 2. The van der Waals surface area contributed by atoms with Gasteiger partial charge in [0.2, 0.25) is 5.91 Å². The third kappa shape index (κ3) is 6.30. The molecule has 1 rings (SSSR count). The zero-order valence-electron chi connectivity index (χ0n) is 11.1. The maximum atomic E-state index is 11.3. The molecule has 0 saturated carbocycles. The highest BCUT2D eigenvalue weighted by Gasteiger charge is 2.03. The SMILES string of the molecule is CCCOc1ccc(OCC(=O)NNC(C)=O)cc1. The van der Waals surface area contributed by atoms with Crippen molar-refractivity contribution in [2.45, 2.75) is 20.3 Å². The van der Waals surface area contributed by atoms with Gasteiger partial charge < -0.3 is 9.47 Å². The predicted molar refractivity (Wildman–Crippen MR) is 69.7 cm³/mol. The highest BCUT2D eigenvalue weighted by atomic mass is 16.5. The number of carbonyl (C=O) groups is 2. The minimum Gasteiger partial charge on any atom is -0.494 e. The van der Waals surface area contributed by atoms with Crippen LogP contribution in [0.1, 0.15) is 20.3 Å². The van der Waals surface area contributed by atoms with E-state index in [2.05, 4.69) is 10.9 Å². The number of nitrogens with one attached hydrogen (secondary N) is 2. The standard InChI is InChI=1S/C13H18N2O4/c1-3-8-18-11-4-6-12(7-5-11)19-9-13(17)15-14-10(2)16/h4-7H,3,8-9H2,1-2H3,(H,14,16)(H,15,17). The van der Waals surface area contributed by atoms with Crippen LogP contribution in [0.25, 0.3) is 0 Å². The number of hydrazine groups is 1. The Labute approximate surface area is 112 Å². The zero-order valence-corrected chi connectivity index (χ0v) is 11.1. The molecule has 0 saturated heterocycles. The van der Waals surface area contributed by atoms with Crippen molar-refractivity contribution in [3.63, 3.8) is 0 Å². The first-order valence-electron chi connectivity index (χ1n) is 6.03. The van der Waals surface area contributed by atoms with Crippen molar-refractivity contribution < 1.29 is 19.1 Å². The normalized spacial score (nSPS) is 9.58. The fraction of sp³-hybridized carbons (Fsp3) is 0.385. The van der Waals surface area contributed by atoms with Crippen LogP contribution < -0.4 is 20.3 Å². The van der Waals surface area contributed by atoms with Gasteiger partial charge in [0.15, 0.2) is 6.61 Å². The Kier molecular flexibility index (Phi) is 6.21. The van der Waals surface area contributed by atoms with Gasteiger partial charge in [-0.1, -0.05) is 6.92 Å². The summed E-state index contributed by atoms with van der Waals surface area (Å²) >= 11 is 0. The maximum absolute atomic E-state index is 11.3. The lowest BCUT2D eigenvalue weighted by Gasteiger charge is -2.08. The molecule has 2 N–H and O–H groups in total. The second kappa shape index (κ2) is 7.97. The Hall–Kier alpha value is -2.24. The van der Waals surface area contributed by atoms with Gasteiger partial charge in [0.1, 0.15) is 11.5 Å². The van der Waals surface area contributed by atoms with Crippen LogP contribution in [0.5, 0.6) is 11.5 Å². The van der Waals surface area contributed by atoms with Gasteiger partial charge in [-0.05, 0) is 30.7 Å². The number of hydrogen-bond donors (Lipinski definition) is 2. The fourth-order valence-electron chi connectivity index (χ4n) is 1.19. The van der Waals surface area contributed by atoms with Crippen LogP contribution in [-0.2, 0) is 9.59 Å². The summed E-state index contributed by atoms with van der Waals surface area (Å²) < 4.78 is 10.7. The molecule has 1 aromatic rings. The molecule has 0 aliphatic carbocycles. The van der Waals surface area contributed by atoms with E-state index in [0.29, 0.717) is 12.4 Å². The van der Waals surface area contributed by atoms with Gasteiger partial charge in [-0.2, -0.15) is 0 Å². The molecule has 0 bridgehead atoms. The quantitative estimate of drug-likeness (QED) is 0.754. The maximum Gasteiger partial charge on any atom is 0.276 e. The molecule has 2 amide bonds. The molecule has 0 unspecified atom stereocenters. The summed E-state index contributed by atoms with van der Waals surface area (Å²) in [7, 11) is 0. The van der Waals surface area contributed by atoms with Crippen molar-refractivity contribution in [3.8, 4) is 11.5 Å². The molecule has 0 fully saturated rings. The van der Waals surface area contributed by atoms with Crippen LogP contribution in [0.4, 0.5) is 0 Å². The number of carbonyl (C=O) groups excluding carboxylic acids is 2. The van der Waals surface area contributed by atoms with Gasteiger partial charge in [-0.3, -0.25) is 20.4 Å². The predicted octanol–water partition coefficient (Wildman–Crippen LogP) is 1.02. The number of benzene rings is 1. The Morgan fingerprint density at radius 3 is 2.16 bits per heavy atom. The summed E-state index contributed by atoms with van der Waals surface area (Å²) in [4.78, 5) is 21.8. The summed E-state index contributed by atoms with van der Waals surface area (Å²) in [5.74, 6) is 0.547. The van der Waals surface area contributed by atoms with Crippen LogP contribution in [-0.4, -0.2) is 25.0 Å². The van der Waals surface area contributed by atoms with Crippen molar-refractivity contribution in [1.29, 1.82) is 0 Å². The molecule has 1 aromatic carbocycles. The molecule has 0 aromatic heterocycles. The van der Waals surface area contributed by atoms with Gasteiger partial charge in [0.25, 0.3) is 5.91 Å². The van der Waals surface area contributed by atoms with E-state index in [1.165, 1.54) is 6.92 Å². The van der Waals surface area contributed by atoms with E-state index in [4.69, 9.17) is 9.47 Å². The summed E-state index contributed by atoms with van der Waals surface area (Å²) in [6, 6.07) is 6.99. The lowest BCUT2D eigenvalue weighted by Crippen LogP contribution is -2.42. The lowest BCUT2D eigenvalue weighted by molar-refractivity contribution is -0.129. The van der Waals surface area contributed by atoms with Gasteiger partial charge in [0, 0.05) is 6.92 Å². The van der Waals surface area contributed by atoms with Crippen molar-refractivity contribution in [2.24, 2.45) is 0 Å². The second-order valence-electron chi connectivity index (χ2n) is 3.84. The third-order valence-corrected chi connectivity index (χ3v) is 2.04. The largest absolute Gasteiger partial charge is 0.494 e. The Morgan fingerprint density at radius 2 is 1.63 bits per heavy atom. The molecule has 19 heavy (non-hydrogen) atoms. The van der Waals surface area contributed by atoms with E-state index in [0.717, 1.165) is 12.2 Å². The minimum absolute atomic E-state index is 0.171. The molecule has 6 heteroatoms. The van der Waals surface area contributed by atoms with Crippen molar-refractivity contribution in [1.82, 2.24) is 10.9 Å². The fourth-order valence-corrected chi connectivity index (χ4v) is 1.19. The summed E-state index contributed by atoms with van der Waals surface area (Å²) in [6.07, 6.45) is 0.946. The highest BCUT2D eigenvalue weighted by Crippen LogP contribution is 2.17. The zero-order chi connectivity index (χ0) is 14.1. The summed E-state index contributed by atoms with van der Waals surface area (Å²) in [6.45, 7) is 3.83. The highest BCUT2D eigenvalue weighted by molar-refractivity contribution is 5.81. The topological polar surface area (TPSA) is 76.7 Å². The average Bonchev–Trinajstić information content (AvgIpc) is 2.41. The Morgan fingerprint density at radius 1 is 1.05 bits per heavy atom. The van der Waals surface area contributed by atoms with Crippen LogP contribution >= 0.6 is 0 Å². The molecular weight excluding hydrogens is 248 g/mol. The van der Waals surface area contributed by atoms with E-state index in [1.807, 2.05) is 6.92 Å². The van der Waals surface area contributed by atoms with Gasteiger partial charge >= 0.3 is 0 Å². The molecule has 0 aliphatic heterocycles. The number of rotatable bonds is 6. The van der Waals surface area contributed by atoms with Crippen molar-refractivity contribution >= 4 is 11.8 Å². The lowest BCUT2D eigenvalue weighted by atomic mass is 10.3. The second-order valence-corrected chi connectivity index (χ2v) is 3.84. The van der Waals surface area contributed by atoms with E-state index < -0.39 is 5.91 Å². The number of hydrogen-bond acceptors (Lipinski definition) is 4. The summed E-state index contributed by atoms with van der Waals surface area (Å²) in [5.41, 5.74) is 4.38. The van der Waals surface area contributed by atoms with Crippen molar-refractivity contribution in [3.05, 3.63) is 24.3 Å². The van der Waals surface area contributed by atoms with Crippen LogP contribution in [0, 0.1) is 0 Å². The Bertz CT molecular complexity index is 417. The minimum atomic E-state index is -0.429. The molecule has 6 nitrogen and oxygen atoms in total. The molecule has 0 heterocycles. The van der Waals surface area contributed by atoms with E-state index in [9.17, 15) is 9.59 Å². The average molecular weight is 266 g/mol. The molecule has 0 radical (unpaired) electrons. The van der Waals surface area contributed by atoms with Gasteiger partial charge in [-0.15, -0.1) is 0 Å². The monoisotopic (exact) mass is 266 g/mol. The first kappa shape index (κ1) is 14.8. The molecular formula is C13H18N2O4. The van der Waals surface area contributed by atoms with E-state index in [1.54, 1.807) is 24.3 Å². The Balaban J connectivity index is 2.33. The van der Waals surface area contributed by atoms with Crippen LogP contribution in [0.2, 0.25) is 0 Å². The van der Waals surface area contributed by atoms with E-state index >= 15 is 0 Å². The van der Waals surface area contributed by atoms with Gasteiger partial charge in [0.05, 0.1) is 6.61 Å². The van der Waals surface area contributed by atoms with Gasteiger partial charge in [-0.25, -0.2) is 0 Å². The first-order chi connectivity index (χ1) is 9.11. The third-order valence-electron chi connectivity index (χ3n) is 2.04. The van der Waals surface area contributed by atoms with E-state index in [-0.39, 0.29) is 12.5 Å². The van der Waals surface area contributed by atoms with Crippen LogP contribution in [0.3, 0.4) is 0 Å². The molecule has 0 atom stereocenters. The van der Waals surface area contributed by atoms with Crippen LogP contribution in [0.15, 0.2) is 24.3 Å². The first-order valence-corrected chi connectivity index (χ1v) is 6.03. The van der Waals surface area contributed by atoms with Crippen molar-refractivity contribution in [2.75, 3.05) is 13.2 Å².